The maximum Gasteiger partial charge on any atom is 0.337 e. The molecule has 20 heavy (non-hydrogen) atoms. The van der Waals surface area contributed by atoms with Crippen LogP contribution in [0.25, 0.3) is 21.6 Å². The van der Waals surface area contributed by atoms with Gasteiger partial charge in [-0.2, -0.15) is 0 Å². The van der Waals surface area contributed by atoms with Crippen LogP contribution in [0.1, 0.15) is 15.9 Å². The molecule has 0 aliphatic carbocycles. The van der Waals surface area contributed by atoms with Crippen LogP contribution < -0.4 is 5.56 Å². The number of fused-ring (bicyclic) bond motifs is 1. The zero-order chi connectivity index (χ0) is 14.3. The fraction of sp³-hybridized carbons (Fsp3) is 0.0714. The third-order valence-corrected chi connectivity index (χ3v) is 3.95. The maximum atomic E-state index is 12.1. The zero-order valence-electron chi connectivity index (χ0n) is 10.5. The van der Waals surface area contributed by atoms with Crippen molar-refractivity contribution in [2.45, 2.75) is 6.92 Å². The summed E-state index contributed by atoms with van der Waals surface area (Å²) >= 11 is 1.16. The van der Waals surface area contributed by atoms with Crippen LogP contribution in [0.3, 0.4) is 0 Å². The molecule has 0 aliphatic heterocycles. The number of thiophene rings is 1. The van der Waals surface area contributed by atoms with E-state index >= 15 is 0 Å². The van der Waals surface area contributed by atoms with Gasteiger partial charge in [0.25, 0.3) is 5.56 Å². The van der Waals surface area contributed by atoms with Gasteiger partial charge in [0.05, 0.1) is 10.9 Å². The van der Waals surface area contributed by atoms with Crippen LogP contribution in [0.4, 0.5) is 0 Å². The number of H-pyrrole nitrogens is 1. The quantitative estimate of drug-likeness (QED) is 0.758. The van der Waals surface area contributed by atoms with Crippen molar-refractivity contribution in [2.24, 2.45) is 0 Å². The monoisotopic (exact) mass is 286 g/mol. The summed E-state index contributed by atoms with van der Waals surface area (Å²) < 4.78 is 0. The molecule has 2 heterocycles. The Balaban J connectivity index is 2.30. The summed E-state index contributed by atoms with van der Waals surface area (Å²) in [6.45, 7) is 1.93. The number of nitrogens with one attached hydrogen (secondary N) is 1. The standard InChI is InChI=1S/C14H10N2O3S/c1-7-4-2-3-5-8(7)11-15-12(17)10-9(14(18)19)6-20-13(10)16-11/h2-6H,1H3,(H,18,19)(H,15,16,17). The highest BCUT2D eigenvalue weighted by molar-refractivity contribution is 7.17. The minimum atomic E-state index is -1.12. The number of benzene rings is 1. The van der Waals surface area contributed by atoms with Crippen LogP contribution in [-0.2, 0) is 0 Å². The van der Waals surface area contributed by atoms with E-state index in [0.29, 0.717) is 10.7 Å². The fourth-order valence-corrected chi connectivity index (χ4v) is 2.99. The van der Waals surface area contributed by atoms with Crippen molar-refractivity contribution in [1.29, 1.82) is 0 Å². The van der Waals surface area contributed by atoms with Gasteiger partial charge in [0.2, 0.25) is 0 Å². The van der Waals surface area contributed by atoms with Crippen LogP contribution in [0.15, 0.2) is 34.4 Å². The summed E-state index contributed by atoms with van der Waals surface area (Å²) in [7, 11) is 0. The number of aromatic amines is 1. The Morgan fingerprint density at radius 3 is 2.80 bits per heavy atom. The van der Waals surface area contributed by atoms with Gasteiger partial charge in [-0.15, -0.1) is 11.3 Å². The molecule has 100 valence electrons. The number of aryl methyl sites for hydroxylation is 1. The van der Waals surface area contributed by atoms with Crippen molar-refractivity contribution in [1.82, 2.24) is 9.97 Å². The highest BCUT2D eigenvalue weighted by atomic mass is 32.1. The number of hydrogen-bond donors (Lipinski definition) is 2. The Hall–Kier alpha value is -2.47. The van der Waals surface area contributed by atoms with Gasteiger partial charge >= 0.3 is 5.97 Å². The number of hydrogen-bond acceptors (Lipinski definition) is 4. The number of nitrogens with zero attached hydrogens (tertiary/aromatic N) is 1. The summed E-state index contributed by atoms with van der Waals surface area (Å²) in [5, 5.41) is 10.6. The fourth-order valence-electron chi connectivity index (χ4n) is 2.07. The van der Waals surface area contributed by atoms with Crippen molar-refractivity contribution in [3.63, 3.8) is 0 Å². The number of carboxylic acid groups (broad SMARTS) is 1. The van der Waals surface area contributed by atoms with Crippen LogP contribution in [-0.4, -0.2) is 21.0 Å². The Bertz CT molecular complexity index is 880. The van der Waals surface area contributed by atoms with Crippen molar-refractivity contribution >= 4 is 27.5 Å². The molecular weight excluding hydrogens is 276 g/mol. The van der Waals surface area contributed by atoms with Gasteiger partial charge in [-0.3, -0.25) is 4.79 Å². The molecule has 6 heteroatoms. The number of rotatable bonds is 2. The lowest BCUT2D eigenvalue weighted by Gasteiger charge is -2.04. The molecule has 0 saturated heterocycles. The first-order chi connectivity index (χ1) is 9.58. The van der Waals surface area contributed by atoms with E-state index in [1.165, 1.54) is 5.38 Å². The molecule has 0 radical (unpaired) electrons. The molecule has 1 aromatic carbocycles. The zero-order valence-corrected chi connectivity index (χ0v) is 11.3. The predicted octanol–water partition coefficient (Wildman–Crippen LogP) is 2.66. The van der Waals surface area contributed by atoms with E-state index < -0.39 is 11.5 Å². The summed E-state index contributed by atoms with van der Waals surface area (Å²) in [6, 6.07) is 7.56. The highest BCUT2D eigenvalue weighted by Gasteiger charge is 2.16. The first-order valence-corrected chi connectivity index (χ1v) is 6.76. The molecule has 0 atom stereocenters. The lowest BCUT2D eigenvalue weighted by molar-refractivity contribution is 0.0699. The van der Waals surface area contributed by atoms with Gasteiger partial charge in [-0.1, -0.05) is 24.3 Å². The van der Waals surface area contributed by atoms with E-state index in [1.807, 2.05) is 31.2 Å². The van der Waals surface area contributed by atoms with Crippen molar-refractivity contribution in [2.75, 3.05) is 0 Å². The second-order valence-corrected chi connectivity index (χ2v) is 5.22. The molecule has 5 nitrogen and oxygen atoms in total. The summed E-state index contributed by atoms with van der Waals surface area (Å²) in [6.07, 6.45) is 0. The van der Waals surface area contributed by atoms with Gasteiger partial charge in [-0.25, -0.2) is 9.78 Å². The smallest absolute Gasteiger partial charge is 0.337 e. The van der Waals surface area contributed by atoms with Crippen LogP contribution >= 0.6 is 11.3 Å². The Kier molecular flexibility index (Phi) is 2.87. The second-order valence-electron chi connectivity index (χ2n) is 4.36. The largest absolute Gasteiger partial charge is 0.478 e. The molecule has 0 spiro atoms. The third kappa shape index (κ3) is 1.90. The molecule has 2 N–H and O–H groups in total. The highest BCUT2D eigenvalue weighted by Crippen LogP contribution is 2.25. The van der Waals surface area contributed by atoms with Crippen LogP contribution in [0, 0.1) is 6.92 Å². The second kappa shape index (κ2) is 4.57. The van der Waals surface area contributed by atoms with E-state index in [0.717, 1.165) is 22.5 Å². The first-order valence-electron chi connectivity index (χ1n) is 5.88. The first kappa shape index (κ1) is 12.6. The number of carboxylic acids is 1. The summed E-state index contributed by atoms with van der Waals surface area (Å²) in [5.74, 6) is -0.661. The predicted molar refractivity (Wildman–Crippen MR) is 77.4 cm³/mol. The molecular formula is C14H10N2O3S. The van der Waals surface area contributed by atoms with Gasteiger partial charge in [-0.05, 0) is 12.5 Å². The third-order valence-electron chi connectivity index (χ3n) is 3.07. The SMILES string of the molecule is Cc1ccccc1-c1nc2scc(C(=O)O)c2c(=O)[nH]1. The van der Waals surface area contributed by atoms with E-state index in [1.54, 1.807) is 0 Å². The summed E-state index contributed by atoms with van der Waals surface area (Å²) in [5.41, 5.74) is 1.39. The number of carbonyl (C=O) groups is 1. The van der Waals surface area contributed by atoms with Gasteiger partial charge in [0, 0.05) is 10.9 Å². The summed E-state index contributed by atoms with van der Waals surface area (Å²) in [4.78, 5) is 30.7. The van der Waals surface area contributed by atoms with E-state index in [4.69, 9.17) is 5.11 Å². The van der Waals surface area contributed by atoms with E-state index in [9.17, 15) is 9.59 Å². The van der Waals surface area contributed by atoms with Crippen molar-refractivity contribution < 1.29 is 9.90 Å². The van der Waals surface area contributed by atoms with Crippen molar-refractivity contribution in [3.05, 3.63) is 51.1 Å². The lowest BCUT2D eigenvalue weighted by atomic mass is 10.1. The molecule has 0 unspecified atom stereocenters. The van der Waals surface area contributed by atoms with E-state index in [2.05, 4.69) is 9.97 Å². The molecule has 0 fully saturated rings. The average Bonchev–Trinajstić information content (AvgIpc) is 2.83. The van der Waals surface area contributed by atoms with Crippen molar-refractivity contribution in [3.8, 4) is 11.4 Å². The molecule has 0 aliphatic rings. The maximum absolute atomic E-state index is 12.1. The van der Waals surface area contributed by atoms with Gasteiger partial charge < -0.3 is 10.1 Å². The minimum absolute atomic E-state index is 0.00455. The van der Waals surface area contributed by atoms with Gasteiger partial charge in [0.1, 0.15) is 10.7 Å². The Labute approximate surface area is 117 Å². The minimum Gasteiger partial charge on any atom is -0.478 e. The number of aromatic nitrogens is 2. The number of aromatic carboxylic acids is 1. The average molecular weight is 286 g/mol. The molecule has 3 rings (SSSR count). The molecule has 0 saturated carbocycles. The van der Waals surface area contributed by atoms with Crippen LogP contribution in [0.2, 0.25) is 0 Å². The normalized spacial score (nSPS) is 10.8. The lowest BCUT2D eigenvalue weighted by Crippen LogP contribution is -2.11. The Morgan fingerprint density at radius 1 is 1.35 bits per heavy atom. The topological polar surface area (TPSA) is 83.0 Å². The molecule has 3 aromatic rings. The molecule has 0 bridgehead atoms. The van der Waals surface area contributed by atoms with E-state index in [-0.39, 0.29) is 10.9 Å². The van der Waals surface area contributed by atoms with Gasteiger partial charge in [0.15, 0.2) is 0 Å². The molecule has 0 amide bonds. The molecule has 2 aromatic heterocycles. The van der Waals surface area contributed by atoms with Crippen LogP contribution in [0.5, 0.6) is 0 Å². The Morgan fingerprint density at radius 2 is 2.10 bits per heavy atom.